The topological polar surface area (TPSA) is 435 Å². The van der Waals surface area contributed by atoms with E-state index < -0.39 is 36.2 Å². The van der Waals surface area contributed by atoms with Gasteiger partial charge in [-0.3, -0.25) is 101 Å². The van der Waals surface area contributed by atoms with E-state index in [9.17, 15) is 81.5 Å². The molecule has 4 aliphatic rings. The highest BCUT2D eigenvalue weighted by molar-refractivity contribution is 6.05. The van der Waals surface area contributed by atoms with Gasteiger partial charge in [0.15, 0.2) is 5.78 Å². The number of amides is 15. The Balaban J connectivity index is 0.000000632. The molecule has 0 radical (unpaired) electrons. The summed E-state index contributed by atoms with van der Waals surface area (Å²) in [5, 5.41) is 32.7. The molecule has 0 aliphatic carbocycles. The molecule has 9 unspecified atom stereocenters. The van der Waals surface area contributed by atoms with Crippen molar-refractivity contribution in [1.82, 2.24) is 78.1 Å². The lowest BCUT2D eigenvalue weighted by molar-refractivity contribution is -0.140. The Labute approximate surface area is 681 Å². The molecule has 4 heterocycles. The Kier molecular flexibility index (Phi) is 50.5. The maximum absolute atomic E-state index is 13.5. The highest BCUT2D eigenvalue weighted by atomic mass is 16.2. The van der Waals surface area contributed by atoms with Crippen LogP contribution in [0.25, 0.3) is 0 Å². The van der Waals surface area contributed by atoms with Crippen LogP contribution in [0, 0.1) is 36.0 Å². The number of ketones is 2. The van der Waals surface area contributed by atoms with Crippen molar-refractivity contribution in [3.63, 3.8) is 0 Å². The molecule has 15 amide bonds. The third-order valence-electron chi connectivity index (χ3n) is 21.4. The number of Topliss-reactive ketones (excluding diaryl/α,β-unsaturated/α-hetero) is 2. The van der Waals surface area contributed by atoms with Crippen molar-refractivity contribution < 1.29 is 81.5 Å². The number of hydrogen-bond donors (Lipinski definition) is 11. The van der Waals surface area contributed by atoms with E-state index in [1.54, 1.807) is 41.8 Å². The zero-order valence-corrected chi connectivity index (χ0v) is 70.4. The van der Waals surface area contributed by atoms with Crippen LogP contribution in [-0.2, 0) is 81.5 Å². The minimum absolute atomic E-state index is 0.0154. The standard InChI is InChI=1S/C48H73N7O12.C35H66N8O5/c1-31-25-41(60)52(45(31)64)21-13-5-9-17-36(56)29-35(49-38(57)18-10-6-14-22-53-42(61)26-32(2)46(53)65)30-37(50-39(58)19-11-7-15-23-54-43(62)27-33(3)47(54)66)51-40(59)20-12-8-16-24-55-44(63)28-34(4)48(55)67;1-7-8-9-22-32(45)40-25-16-12-18-28(27(2)44)42-35(48)31(43-34(47)30(39-6)20-11-15-24-37-4)21-13-17-26-41-33(46)29(38-5)19-10-14-23-36-3/h31-35,37H,5-30H2,1-4H3,(H,49,57)(H,50,58)(H,51,59);1,28-31,36-39H,8-26H2,2-6H3,(H,40,45)(H,41,46)(H,42,48)(H,43,47). The molecular weight excluding hydrogens is 1480 g/mol. The lowest BCUT2D eigenvalue weighted by Gasteiger charge is -2.26. The van der Waals surface area contributed by atoms with E-state index in [4.69, 9.17) is 6.42 Å². The number of imide groups is 4. The highest BCUT2D eigenvalue weighted by Crippen LogP contribution is 2.24. The minimum atomic E-state index is -0.975. The number of unbranched alkanes of at least 4 members (excludes halogenated alkanes) is 13. The van der Waals surface area contributed by atoms with E-state index in [0.717, 1.165) is 45.2 Å². The summed E-state index contributed by atoms with van der Waals surface area (Å²) < 4.78 is 0. The van der Waals surface area contributed by atoms with Crippen molar-refractivity contribution in [2.24, 2.45) is 23.7 Å². The summed E-state index contributed by atoms with van der Waals surface area (Å²) in [6.45, 7) is 12.1. The number of likely N-dealkylation sites (tertiary alicyclic amines) is 4. The first-order chi connectivity index (χ1) is 55.0. The molecular formula is C83H139N15O17. The second kappa shape index (κ2) is 57.6. The number of likely N-dealkylation sites (N-methyl/N-ethyl adjacent to an activating group) is 2. The Morgan fingerprint density at radius 3 is 1.09 bits per heavy atom. The molecule has 4 fully saturated rings. The lowest BCUT2D eigenvalue weighted by Crippen LogP contribution is -2.54. The van der Waals surface area contributed by atoms with Crippen LogP contribution in [0.1, 0.15) is 272 Å². The Morgan fingerprint density at radius 1 is 0.374 bits per heavy atom. The Morgan fingerprint density at radius 2 is 0.713 bits per heavy atom. The zero-order chi connectivity index (χ0) is 85.2. The number of rotatable bonds is 62. The third-order valence-corrected chi connectivity index (χ3v) is 21.4. The van der Waals surface area contributed by atoms with E-state index in [1.165, 1.54) is 26.5 Å². The average molecular weight is 1620 g/mol. The zero-order valence-electron chi connectivity index (χ0n) is 70.4. The van der Waals surface area contributed by atoms with E-state index in [1.807, 2.05) is 14.1 Å². The fourth-order valence-electron chi connectivity index (χ4n) is 14.4. The Bertz CT molecular complexity index is 2960. The normalized spacial score (nSPS) is 18.3. The molecule has 11 N–H and O–H groups in total. The fraction of sp³-hybridized carbons (Fsp3) is 0.771. The summed E-state index contributed by atoms with van der Waals surface area (Å²) in [6, 6.07) is -3.03. The van der Waals surface area contributed by atoms with Gasteiger partial charge in [0.25, 0.3) is 0 Å². The van der Waals surface area contributed by atoms with Gasteiger partial charge in [0.05, 0.1) is 18.1 Å². The maximum Gasteiger partial charge on any atom is 0.243 e. The maximum atomic E-state index is 13.5. The summed E-state index contributed by atoms with van der Waals surface area (Å²) in [4.78, 5) is 220. The van der Waals surface area contributed by atoms with E-state index >= 15 is 0 Å². The van der Waals surface area contributed by atoms with Crippen molar-refractivity contribution in [1.29, 1.82) is 0 Å². The smallest absolute Gasteiger partial charge is 0.243 e. The van der Waals surface area contributed by atoms with Gasteiger partial charge in [0.1, 0.15) is 18.0 Å². The molecule has 0 spiro atoms. The number of carbonyl (C=O) groups is 17. The van der Waals surface area contributed by atoms with Crippen molar-refractivity contribution in [2.75, 3.05) is 80.5 Å². The molecule has 0 aromatic heterocycles. The van der Waals surface area contributed by atoms with Gasteiger partial charge in [-0.15, -0.1) is 12.3 Å². The van der Waals surface area contributed by atoms with Gasteiger partial charge in [-0.25, -0.2) is 0 Å². The molecule has 9 atom stereocenters. The molecule has 4 saturated heterocycles. The molecule has 0 bridgehead atoms. The van der Waals surface area contributed by atoms with Crippen molar-refractivity contribution in [2.45, 2.75) is 309 Å². The second-order valence-corrected chi connectivity index (χ2v) is 31.4. The first-order valence-corrected chi connectivity index (χ1v) is 42.5. The molecule has 4 rings (SSSR count). The number of nitrogens with zero attached hydrogens (tertiary/aromatic N) is 4. The van der Waals surface area contributed by atoms with Crippen LogP contribution in [-0.4, -0.2) is 237 Å². The first-order valence-electron chi connectivity index (χ1n) is 42.5. The molecule has 0 aromatic rings. The lowest BCUT2D eigenvalue weighted by atomic mass is 10.0. The predicted octanol–water partition coefficient (Wildman–Crippen LogP) is 4.08. The Hall–Kier alpha value is -8.41. The molecule has 32 nitrogen and oxygen atoms in total. The summed E-state index contributed by atoms with van der Waals surface area (Å²) in [5.41, 5.74) is 0. The summed E-state index contributed by atoms with van der Waals surface area (Å²) in [6.07, 6.45) is 21.5. The van der Waals surface area contributed by atoms with Gasteiger partial charge in [-0.05, 0) is 170 Å². The molecule has 648 valence electrons. The van der Waals surface area contributed by atoms with Crippen LogP contribution < -0.4 is 58.5 Å². The third kappa shape index (κ3) is 39.9. The number of nitrogens with one attached hydrogen (secondary N) is 11. The van der Waals surface area contributed by atoms with Crippen LogP contribution in [0.5, 0.6) is 0 Å². The van der Waals surface area contributed by atoms with Crippen molar-refractivity contribution in [3.8, 4) is 12.3 Å². The largest absolute Gasteiger partial charge is 0.356 e. The number of carbonyl (C=O) groups excluding carboxylic acids is 17. The van der Waals surface area contributed by atoms with Gasteiger partial charge < -0.3 is 58.5 Å². The first kappa shape index (κ1) is 101. The van der Waals surface area contributed by atoms with Gasteiger partial charge in [0.2, 0.25) is 88.6 Å². The fourth-order valence-corrected chi connectivity index (χ4v) is 14.4. The van der Waals surface area contributed by atoms with E-state index in [2.05, 4.69) is 64.4 Å². The average Bonchev–Trinajstić information content (AvgIpc) is 1.71. The van der Waals surface area contributed by atoms with Crippen molar-refractivity contribution >= 4 is 100 Å². The van der Waals surface area contributed by atoms with E-state index in [-0.39, 0.29) is 214 Å². The van der Waals surface area contributed by atoms with E-state index in [0.29, 0.717) is 154 Å². The molecule has 4 aliphatic heterocycles. The van der Waals surface area contributed by atoms with Crippen molar-refractivity contribution in [3.05, 3.63) is 0 Å². The van der Waals surface area contributed by atoms with Crippen LogP contribution in [0.15, 0.2) is 0 Å². The quantitative estimate of drug-likeness (QED) is 0.0177. The predicted molar refractivity (Wildman–Crippen MR) is 434 cm³/mol. The molecule has 0 saturated carbocycles. The second-order valence-electron chi connectivity index (χ2n) is 31.4. The summed E-state index contributed by atoms with van der Waals surface area (Å²) >= 11 is 0. The molecule has 115 heavy (non-hydrogen) atoms. The monoisotopic (exact) mass is 1620 g/mol. The van der Waals surface area contributed by atoms with Gasteiger partial charge >= 0.3 is 0 Å². The summed E-state index contributed by atoms with van der Waals surface area (Å²) in [7, 11) is 7.31. The number of terminal acetylenes is 1. The summed E-state index contributed by atoms with van der Waals surface area (Å²) in [5.74, 6) is -2.62. The van der Waals surface area contributed by atoms with Crippen LogP contribution >= 0.6 is 0 Å². The number of hydrogen-bond acceptors (Lipinski definition) is 21. The van der Waals surface area contributed by atoms with Crippen LogP contribution in [0.2, 0.25) is 0 Å². The molecule has 32 heteroatoms. The SMILES string of the molecule is C#CCCCC(=O)NCCCCC(NC(=O)C(CCCCNC(=O)C(CCCCNC)NC)NC(=O)C(CCCCNC)NC)C(C)=O.CC1CC(=O)N(CCCCCC(=O)CC(CC(NC(=O)CCCCCN2C(=O)CC(C)C2=O)NC(=O)CCCCCN2C(=O)CC(C)C2=O)NC(=O)CCCCCN2C(=O)CC(C)C2=O)C1=O. The van der Waals surface area contributed by atoms with Gasteiger partial charge in [0, 0.05) is 146 Å². The molecule has 0 aromatic carbocycles. The van der Waals surface area contributed by atoms with Gasteiger partial charge in [-0.1, -0.05) is 66.2 Å². The highest BCUT2D eigenvalue weighted by Gasteiger charge is 2.39. The van der Waals surface area contributed by atoms with Gasteiger partial charge in [-0.2, -0.15) is 0 Å². The minimum Gasteiger partial charge on any atom is -0.356 e. The van der Waals surface area contributed by atoms with Crippen LogP contribution in [0.4, 0.5) is 0 Å². The van der Waals surface area contributed by atoms with Crippen LogP contribution in [0.3, 0.4) is 0 Å².